The van der Waals surface area contributed by atoms with Crippen LogP contribution in [0.25, 0.3) is 22.2 Å². The molecule has 0 amide bonds. The highest BCUT2D eigenvalue weighted by Gasteiger charge is 2.20. The minimum atomic E-state index is 0.514. The lowest BCUT2D eigenvalue weighted by Gasteiger charge is -2.34. The molecule has 1 fully saturated rings. The maximum Gasteiger partial charge on any atom is 0.113 e. The zero-order valence-electron chi connectivity index (χ0n) is 14.9. The summed E-state index contributed by atoms with van der Waals surface area (Å²) in [7, 11) is 1.93. The molecule has 1 aliphatic heterocycles. The van der Waals surface area contributed by atoms with Crippen LogP contribution in [0.3, 0.4) is 0 Å². The highest BCUT2D eigenvalue weighted by molar-refractivity contribution is 5.81. The first kappa shape index (κ1) is 16.2. The number of aryl methyl sites for hydroxylation is 1. The van der Waals surface area contributed by atoms with Gasteiger partial charge in [0.25, 0.3) is 0 Å². The van der Waals surface area contributed by atoms with E-state index in [0.717, 1.165) is 43.6 Å². The molecule has 1 aliphatic rings. The summed E-state index contributed by atoms with van der Waals surface area (Å²) in [5.41, 5.74) is 5.86. The summed E-state index contributed by atoms with van der Waals surface area (Å²) in [6.07, 6.45) is 1.14. The van der Waals surface area contributed by atoms with E-state index in [4.69, 9.17) is 0 Å². The molecule has 0 spiro atoms. The van der Waals surface area contributed by atoms with Gasteiger partial charge in [-0.05, 0) is 35.2 Å². The molecule has 1 aromatic heterocycles. The highest BCUT2D eigenvalue weighted by Crippen LogP contribution is 2.28. The van der Waals surface area contributed by atoms with Gasteiger partial charge in [-0.2, -0.15) is 0 Å². The molecule has 25 heavy (non-hydrogen) atoms. The van der Waals surface area contributed by atoms with Gasteiger partial charge in [0.1, 0.15) is 5.52 Å². The maximum atomic E-state index is 4.16. The minimum Gasteiger partial charge on any atom is -0.314 e. The summed E-state index contributed by atoms with van der Waals surface area (Å²) in [5.74, 6) is 0. The van der Waals surface area contributed by atoms with Crippen LogP contribution in [0.1, 0.15) is 24.9 Å². The zero-order chi connectivity index (χ0) is 17.2. The van der Waals surface area contributed by atoms with Crippen molar-refractivity contribution in [3.05, 3.63) is 48.0 Å². The predicted molar refractivity (Wildman–Crippen MR) is 101 cm³/mol. The van der Waals surface area contributed by atoms with Crippen molar-refractivity contribution < 1.29 is 0 Å². The summed E-state index contributed by atoms with van der Waals surface area (Å²) in [4.78, 5) is 2.60. The van der Waals surface area contributed by atoms with E-state index in [2.05, 4.69) is 63.9 Å². The van der Waals surface area contributed by atoms with E-state index in [-0.39, 0.29) is 0 Å². The molecule has 0 radical (unpaired) electrons. The van der Waals surface area contributed by atoms with Gasteiger partial charge in [0.05, 0.1) is 5.52 Å². The third-order valence-electron chi connectivity index (χ3n) is 5.22. The van der Waals surface area contributed by atoms with Crippen LogP contribution >= 0.6 is 0 Å². The van der Waals surface area contributed by atoms with Crippen LogP contribution < -0.4 is 5.32 Å². The van der Waals surface area contributed by atoms with Gasteiger partial charge in [0.2, 0.25) is 0 Å². The molecule has 1 N–H and O–H groups in total. The average Bonchev–Trinajstić information content (AvgIpc) is 3.04. The van der Waals surface area contributed by atoms with Crippen LogP contribution in [0.2, 0.25) is 0 Å². The quantitative estimate of drug-likeness (QED) is 0.796. The smallest absolute Gasteiger partial charge is 0.113 e. The van der Waals surface area contributed by atoms with E-state index in [0.29, 0.717) is 6.04 Å². The Morgan fingerprint density at radius 3 is 2.48 bits per heavy atom. The second kappa shape index (κ2) is 6.94. The Balaban J connectivity index is 1.60. The predicted octanol–water partition coefficient (Wildman–Crippen LogP) is 2.99. The molecule has 1 saturated heterocycles. The number of benzene rings is 2. The summed E-state index contributed by atoms with van der Waals surface area (Å²) >= 11 is 0. The van der Waals surface area contributed by atoms with Crippen molar-refractivity contribution in [1.82, 2.24) is 25.2 Å². The molecule has 1 atom stereocenters. The monoisotopic (exact) mass is 335 g/mol. The van der Waals surface area contributed by atoms with Crippen LogP contribution in [0.15, 0.2) is 42.5 Å². The first-order valence-corrected chi connectivity index (χ1v) is 9.11. The number of piperazine rings is 1. The Labute approximate surface area is 148 Å². The lowest BCUT2D eigenvalue weighted by atomic mass is 9.98. The lowest BCUT2D eigenvalue weighted by molar-refractivity contribution is 0.169. The number of nitrogens with zero attached hydrogens (tertiary/aromatic N) is 4. The van der Waals surface area contributed by atoms with Crippen LogP contribution in [-0.2, 0) is 7.05 Å². The third kappa shape index (κ3) is 3.17. The fraction of sp³-hybridized carbons (Fsp3) is 0.400. The fourth-order valence-corrected chi connectivity index (χ4v) is 3.81. The molecule has 3 aromatic rings. The lowest BCUT2D eigenvalue weighted by Crippen LogP contribution is -2.45. The summed E-state index contributed by atoms with van der Waals surface area (Å²) < 4.78 is 1.82. The van der Waals surface area contributed by atoms with Gasteiger partial charge in [-0.25, -0.2) is 4.68 Å². The van der Waals surface area contributed by atoms with Gasteiger partial charge in [-0.3, -0.25) is 4.90 Å². The SMILES string of the molecule is CCC(c1ccc(-c2ccc3nnn(C)c3c2)cc1)N1CCNCC1. The van der Waals surface area contributed by atoms with Crippen molar-refractivity contribution in [2.45, 2.75) is 19.4 Å². The normalized spacial score (nSPS) is 17.0. The van der Waals surface area contributed by atoms with Crippen molar-refractivity contribution in [1.29, 1.82) is 0 Å². The second-order valence-corrected chi connectivity index (χ2v) is 6.75. The van der Waals surface area contributed by atoms with Crippen LogP contribution in [-0.4, -0.2) is 46.1 Å². The molecule has 0 aliphatic carbocycles. The zero-order valence-corrected chi connectivity index (χ0v) is 14.9. The topological polar surface area (TPSA) is 46.0 Å². The van der Waals surface area contributed by atoms with Gasteiger partial charge in [-0.15, -0.1) is 5.10 Å². The van der Waals surface area contributed by atoms with Crippen molar-refractivity contribution in [3.63, 3.8) is 0 Å². The Kier molecular flexibility index (Phi) is 4.51. The number of fused-ring (bicyclic) bond motifs is 1. The first-order valence-electron chi connectivity index (χ1n) is 9.11. The molecule has 130 valence electrons. The summed E-state index contributed by atoms with van der Waals surface area (Å²) in [6.45, 7) is 6.72. The standard InChI is InChI=1S/C20H25N5/c1-3-19(25-12-10-21-11-13-25)16-6-4-15(5-7-16)17-8-9-18-20(14-17)24(2)23-22-18/h4-9,14,19,21H,3,10-13H2,1-2H3. The van der Waals surface area contributed by atoms with Gasteiger partial charge in [0, 0.05) is 39.3 Å². The fourth-order valence-electron chi connectivity index (χ4n) is 3.81. The Bertz CT molecular complexity index is 846. The van der Waals surface area contributed by atoms with E-state index >= 15 is 0 Å². The van der Waals surface area contributed by atoms with Gasteiger partial charge in [0.15, 0.2) is 0 Å². The Hall–Kier alpha value is -2.24. The minimum absolute atomic E-state index is 0.514. The second-order valence-electron chi connectivity index (χ2n) is 6.75. The average molecular weight is 335 g/mol. The molecular formula is C20H25N5. The van der Waals surface area contributed by atoms with E-state index < -0.39 is 0 Å². The van der Waals surface area contributed by atoms with E-state index in [1.54, 1.807) is 0 Å². The molecule has 0 saturated carbocycles. The number of hydrogen-bond acceptors (Lipinski definition) is 4. The molecule has 5 heteroatoms. The van der Waals surface area contributed by atoms with Gasteiger partial charge in [-0.1, -0.05) is 42.5 Å². The summed E-state index contributed by atoms with van der Waals surface area (Å²) in [5, 5.41) is 11.7. The largest absolute Gasteiger partial charge is 0.314 e. The van der Waals surface area contributed by atoms with E-state index in [1.165, 1.54) is 16.7 Å². The Morgan fingerprint density at radius 2 is 1.76 bits per heavy atom. The van der Waals surface area contributed by atoms with Crippen molar-refractivity contribution in [3.8, 4) is 11.1 Å². The van der Waals surface area contributed by atoms with Crippen molar-refractivity contribution in [2.24, 2.45) is 7.05 Å². The summed E-state index contributed by atoms with van der Waals surface area (Å²) in [6, 6.07) is 15.9. The van der Waals surface area contributed by atoms with Crippen molar-refractivity contribution in [2.75, 3.05) is 26.2 Å². The van der Waals surface area contributed by atoms with Crippen LogP contribution in [0.4, 0.5) is 0 Å². The number of hydrogen-bond donors (Lipinski definition) is 1. The third-order valence-corrected chi connectivity index (χ3v) is 5.22. The molecule has 4 rings (SSSR count). The molecule has 2 aromatic carbocycles. The van der Waals surface area contributed by atoms with Crippen LogP contribution in [0, 0.1) is 0 Å². The molecular weight excluding hydrogens is 310 g/mol. The van der Waals surface area contributed by atoms with E-state index in [9.17, 15) is 0 Å². The van der Waals surface area contributed by atoms with Gasteiger partial charge < -0.3 is 5.32 Å². The maximum absolute atomic E-state index is 4.16. The number of rotatable bonds is 4. The van der Waals surface area contributed by atoms with Crippen LogP contribution in [0.5, 0.6) is 0 Å². The van der Waals surface area contributed by atoms with E-state index in [1.807, 2.05) is 17.8 Å². The number of nitrogens with one attached hydrogen (secondary N) is 1. The Morgan fingerprint density at radius 1 is 1.04 bits per heavy atom. The van der Waals surface area contributed by atoms with Crippen molar-refractivity contribution >= 4 is 11.0 Å². The number of aromatic nitrogens is 3. The molecule has 0 bridgehead atoms. The molecule has 1 unspecified atom stereocenters. The highest BCUT2D eigenvalue weighted by atomic mass is 15.4. The van der Waals surface area contributed by atoms with Gasteiger partial charge >= 0.3 is 0 Å². The molecule has 5 nitrogen and oxygen atoms in total. The molecule has 2 heterocycles. The first-order chi connectivity index (χ1) is 12.3.